The Kier molecular flexibility index (Phi) is 5.42. The summed E-state index contributed by atoms with van der Waals surface area (Å²) >= 11 is 6.25. The van der Waals surface area contributed by atoms with Gasteiger partial charge in [0.05, 0.1) is 0 Å². The van der Waals surface area contributed by atoms with Gasteiger partial charge in [-0.25, -0.2) is 4.79 Å². The fourth-order valence-electron chi connectivity index (χ4n) is 2.70. The van der Waals surface area contributed by atoms with Crippen molar-refractivity contribution in [3.05, 3.63) is 28.8 Å². The summed E-state index contributed by atoms with van der Waals surface area (Å²) in [6, 6.07) is 5.70. The molecule has 0 unspecified atom stereocenters. The van der Waals surface area contributed by atoms with E-state index in [9.17, 15) is 4.79 Å². The first-order valence-corrected chi connectivity index (χ1v) is 8.29. The van der Waals surface area contributed by atoms with Gasteiger partial charge in [0.15, 0.2) is 0 Å². The van der Waals surface area contributed by atoms with Crippen molar-refractivity contribution in [2.75, 3.05) is 25.4 Å². The second-order valence-electron chi connectivity index (χ2n) is 7.11. The Morgan fingerprint density at radius 1 is 1.39 bits per heavy atom. The maximum atomic E-state index is 12.2. The summed E-state index contributed by atoms with van der Waals surface area (Å²) in [4.78, 5) is 16.3. The summed E-state index contributed by atoms with van der Waals surface area (Å²) < 4.78 is 5.47. The molecule has 1 atom stereocenters. The number of nitrogens with two attached hydrogens (primary N) is 1. The molecule has 5 nitrogen and oxygen atoms in total. The van der Waals surface area contributed by atoms with Gasteiger partial charge in [0.1, 0.15) is 5.60 Å². The van der Waals surface area contributed by atoms with Crippen molar-refractivity contribution in [1.29, 1.82) is 0 Å². The molecular weight excluding hydrogens is 314 g/mol. The molecule has 0 aromatic heterocycles. The Morgan fingerprint density at radius 2 is 2.09 bits per heavy atom. The maximum Gasteiger partial charge on any atom is 0.410 e. The molecule has 2 N–H and O–H groups in total. The maximum absolute atomic E-state index is 12.2. The molecule has 1 aromatic rings. The zero-order chi connectivity index (χ0) is 17.2. The molecule has 0 radical (unpaired) electrons. The largest absolute Gasteiger partial charge is 0.444 e. The number of hydrogen-bond donors (Lipinski definition) is 1. The van der Waals surface area contributed by atoms with Gasteiger partial charge in [-0.05, 0) is 45.4 Å². The number of halogens is 1. The van der Waals surface area contributed by atoms with Crippen LogP contribution in [-0.4, -0.2) is 47.2 Å². The number of carbonyl (C=O) groups excluding carboxylic acids is 1. The fourth-order valence-corrected chi connectivity index (χ4v) is 2.95. The Bertz CT molecular complexity index is 571. The quantitative estimate of drug-likeness (QED) is 0.839. The number of hydrogen-bond acceptors (Lipinski definition) is 4. The third-order valence-corrected chi connectivity index (χ3v) is 4.16. The monoisotopic (exact) mass is 339 g/mol. The number of benzene rings is 1. The molecule has 1 fully saturated rings. The molecule has 2 rings (SSSR count). The van der Waals surface area contributed by atoms with Crippen LogP contribution in [0.4, 0.5) is 10.5 Å². The molecule has 0 saturated carbocycles. The molecule has 0 spiro atoms. The van der Waals surface area contributed by atoms with Gasteiger partial charge in [-0.2, -0.15) is 0 Å². The third kappa shape index (κ3) is 5.01. The highest BCUT2D eigenvalue weighted by Gasteiger charge is 2.30. The molecule has 1 saturated heterocycles. The first-order valence-electron chi connectivity index (χ1n) is 7.91. The summed E-state index contributed by atoms with van der Waals surface area (Å²) in [6.45, 7) is 10.7. The van der Waals surface area contributed by atoms with Crippen molar-refractivity contribution < 1.29 is 9.53 Å². The number of ether oxygens (including phenoxy) is 1. The summed E-state index contributed by atoms with van der Waals surface area (Å²) in [7, 11) is 0. The fraction of sp³-hybridized carbons (Fsp3) is 0.588. The first kappa shape index (κ1) is 17.9. The highest BCUT2D eigenvalue weighted by Crippen LogP contribution is 2.22. The lowest BCUT2D eigenvalue weighted by molar-refractivity contribution is 0.000563. The van der Waals surface area contributed by atoms with Gasteiger partial charge in [0.2, 0.25) is 0 Å². The number of nitrogens with zero attached hydrogens (tertiary/aromatic N) is 2. The number of piperazine rings is 1. The van der Waals surface area contributed by atoms with Crippen LogP contribution in [0.25, 0.3) is 0 Å². The van der Waals surface area contributed by atoms with Gasteiger partial charge in [-0.1, -0.05) is 17.7 Å². The van der Waals surface area contributed by atoms with E-state index in [-0.39, 0.29) is 12.1 Å². The molecule has 1 aromatic carbocycles. The molecule has 0 bridgehead atoms. The Labute approximate surface area is 143 Å². The van der Waals surface area contributed by atoms with E-state index >= 15 is 0 Å². The van der Waals surface area contributed by atoms with Crippen molar-refractivity contribution >= 4 is 23.4 Å². The van der Waals surface area contributed by atoms with E-state index in [0.717, 1.165) is 25.2 Å². The van der Waals surface area contributed by atoms with E-state index in [1.54, 1.807) is 11.0 Å². The van der Waals surface area contributed by atoms with Crippen molar-refractivity contribution in [2.45, 2.75) is 45.9 Å². The minimum Gasteiger partial charge on any atom is -0.444 e. The van der Waals surface area contributed by atoms with Crippen LogP contribution < -0.4 is 5.73 Å². The minimum atomic E-state index is -0.467. The number of anilines is 1. The van der Waals surface area contributed by atoms with E-state index in [1.165, 1.54) is 0 Å². The topological polar surface area (TPSA) is 58.8 Å². The highest BCUT2D eigenvalue weighted by atomic mass is 35.5. The smallest absolute Gasteiger partial charge is 0.410 e. The van der Waals surface area contributed by atoms with E-state index in [4.69, 9.17) is 22.1 Å². The summed E-state index contributed by atoms with van der Waals surface area (Å²) in [6.07, 6.45) is -0.241. The van der Waals surface area contributed by atoms with Crippen molar-refractivity contribution in [3.8, 4) is 0 Å². The zero-order valence-electron chi connectivity index (χ0n) is 14.3. The molecule has 0 aliphatic carbocycles. The van der Waals surface area contributed by atoms with Gasteiger partial charge in [0, 0.05) is 42.9 Å². The number of amides is 1. The number of nitrogen functional groups attached to an aromatic ring is 1. The molecule has 1 amide bonds. The van der Waals surface area contributed by atoms with Crippen LogP contribution in [0.3, 0.4) is 0 Å². The van der Waals surface area contributed by atoms with Crippen LogP contribution in [0.2, 0.25) is 5.02 Å². The first-order chi connectivity index (χ1) is 10.7. The van der Waals surface area contributed by atoms with Crippen LogP contribution >= 0.6 is 11.6 Å². The molecule has 128 valence electrons. The standard InChI is InChI=1S/C17H26ClN3O2/c1-12-10-20(11-13-5-6-14(19)9-15(13)18)7-8-21(12)16(22)23-17(2,3)4/h5-6,9,12H,7-8,10-11,19H2,1-4H3/t12-/m0/s1. The van der Waals surface area contributed by atoms with Crippen molar-refractivity contribution in [1.82, 2.24) is 9.80 Å². The van der Waals surface area contributed by atoms with Crippen LogP contribution in [0, 0.1) is 0 Å². The van der Waals surface area contributed by atoms with Gasteiger partial charge >= 0.3 is 6.09 Å². The highest BCUT2D eigenvalue weighted by molar-refractivity contribution is 6.31. The van der Waals surface area contributed by atoms with E-state index in [2.05, 4.69) is 4.90 Å². The lowest BCUT2D eigenvalue weighted by Crippen LogP contribution is -2.54. The molecule has 1 heterocycles. The molecular formula is C17H26ClN3O2. The van der Waals surface area contributed by atoms with Gasteiger partial charge in [-0.15, -0.1) is 0 Å². The van der Waals surface area contributed by atoms with Crippen LogP contribution in [0.5, 0.6) is 0 Å². The van der Waals surface area contributed by atoms with Gasteiger partial charge in [-0.3, -0.25) is 4.90 Å². The van der Waals surface area contributed by atoms with Gasteiger partial charge in [0.25, 0.3) is 0 Å². The van der Waals surface area contributed by atoms with E-state index in [1.807, 2.05) is 39.8 Å². The van der Waals surface area contributed by atoms with E-state index < -0.39 is 5.60 Å². The summed E-state index contributed by atoms with van der Waals surface area (Å²) in [5.74, 6) is 0. The lowest BCUT2D eigenvalue weighted by atomic mass is 10.1. The SMILES string of the molecule is C[C@H]1CN(Cc2ccc(N)cc2Cl)CCN1C(=O)OC(C)(C)C. The van der Waals surface area contributed by atoms with Crippen LogP contribution in [-0.2, 0) is 11.3 Å². The third-order valence-electron chi connectivity index (χ3n) is 3.81. The average molecular weight is 340 g/mol. The predicted molar refractivity (Wildman–Crippen MR) is 93.5 cm³/mol. The Hall–Kier alpha value is -1.46. The molecule has 6 heteroatoms. The van der Waals surface area contributed by atoms with Crippen molar-refractivity contribution in [2.24, 2.45) is 0 Å². The summed E-state index contributed by atoms with van der Waals surface area (Å²) in [5, 5.41) is 0.687. The zero-order valence-corrected chi connectivity index (χ0v) is 15.1. The molecule has 1 aliphatic heterocycles. The minimum absolute atomic E-state index is 0.103. The van der Waals surface area contributed by atoms with Crippen molar-refractivity contribution in [3.63, 3.8) is 0 Å². The van der Waals surface area contributed by atoms with E-state index in [0.29, 0.717) is 17.3 Å². The molecule has 23 heavy (non-hydrogen) atoms. The van der Waals surface area contributed by atoms with Crippen LogP contribution in [0.1, 0.15) is 33.3 Å². The number of carbonyl (C=O) groups is 1. The van der Waals surface area contributed by atoms with Gasteiger partial charge < -0.3 is 15.4 Å². The van der Waals surface area contributed by atoms with Crippen LogP contribution in [0.15, 0.2) is 18.2 Å². The number of rotatable bonds is 2. The predicted octanol–water partition coefficient (Wildman–Crippen LogP) is 3.36. The second-order valence-corrected chi connectivity index (χ2v) is 7.52. The Balaban J connectivity index is 1.94. The summed E-state index contributed by atoms with van der Waals surface area (Å²) in [5.41, 5.74) is 6.98. The molecule has 1 aliphatic rings. The Morgan fingerprint density at radius 3 is 2.65 bits per heavy atom. The average Bonchev–Trinajstić information content (AvgIpc) is 2.40. The normalized spacial score (nSPS) is 19.7. The lowest BCUT2D eigenvalue weighted by Gasteiger charge is -2.40. The second kappa shape index (κ2) is 6.97.